The van der Waals surface area contributed by atoms with Crippen molar-refractivity contribution >= 4 is 15.9 Å². The SMILES string of the molecule is CS(=O)(=O)/C=C/C(NC(=O)N1C[C@@H](C2CC2)C[C@@H]1c1ccccc1)C1CC1. The van der Waals surface area contributed by atoms with Gasteiger partial charge in [-0.05, 0) is 55.4 Å². The first kappa shape index (κ1) is 18.5. The third kappa shape index (κ3) is 4.72. The lowest BCUT2D eigenvalue weighted by molar-refractivity contribution is 0.188. The third-order valence-corrected chi connectivity index (χ3v) is 6.67. The average molecular weight is 389 g/mol. The Labute approximate surface area is 161 Å². The molecular formula is C21H28N2O3S. The summed E-state index contributed by atoms with van der Waals surface area (Å²) in [5.74, 6) is 1.69. The molecule has 146 valence electrons. The topological polar surface area (TPSA) is 66.5 Å². The van der Waals surface area contributed by atoms with Gasteiger partial charge in [0.25, 0.3) is 0 Å². The molecule has 6 heteroatoms. The second kappa shape index (κ2) is 7.30. The summed E-state index contributed by atoms with van der Waals surface area (Å²) >= 11 is 0. The molecule has 27 heavy (non-hydrogen) atoms. The number of nitrogens with zero attached hydrogens (tertiary/aromatic N) is 1. The van der Waals surface area contributed by atoms with Crippen LogP contribution in [0, 0.1) is 17.8 Å². The first-order valence-electron chi connectivity index (χ1n) is 9.91. The Morgan fingerprint density at radius 1 is 1.15 bits per heavy atom. The van der Waals surface area contributed by atoms with Crippen LogP contribution < -0.4 is 5.32 Å². The van der Waals surface area contributed by atoms with E-state index in [0.717, 1.165) is 31.7 Å². The van der Waals surface area contributed by atoms with E-state index in [4.69, 9.17) is 0 Å². The van der Waals surface area contributed by atoms with Gasteiger partial charge in [0, 0.05) is 18.2 Å². The molecule has 1 aromatic carbocycles. The predicted molar refractivity (Wildman–Crippen MR) is 106 cm³/mol. The summed E-state index contributed by atoms with van der Waals surface area (Å²) in [7, 11) is -3.19. The molecule has 0 bridgehead atoms. The van der Waals surface area contributed by atoms with Gasteiger partial charge in [-0.3, -0.25) is 0 Å². The Bertz CT molecular complexity index is 813. The van der Waals surface area contributed by atoms with Gasteiger partial charge in [0.05, 0.1) is 12.1 Å². The Hall–Kier alpha value is -1.82. The molecule has 1 aliphatic heterocycles. The molecule has 1 heterocycles. The minimum Gasteiger partial charge on any atom is -0.331 e. The Kier molecular flexibility index (Phi) is 5.01. The molecule has 5 nitrogen and oxygen atoms in total. The van der Waals surface area contributed by atoms with Crippen molar-refractivity contribution in [3.63, 3.8) is 0 Å². The van der Waals surface area contributed by atoms with E-state index in [1.807, 2.05) is 23.1 Å². The number of hydrogen-bond donors (Lipinski definition) is 1. The fourth-order valence-corrected chi connectivity index (χ4v) is 4.68. The van der Waals surface area contributed by atoms with Gasteiger partial charge in [-0.25, -0.2) is 13.2 Å². The van der Waals surface area contributed by atoms with Crippen molar-refractivity contribution < 1.29 is 13.2 Å². The fraction of sp³-hybridized carbons (Fsp3) is 0.571. The predicted octanol–water partition coefficient (Wildman–Crippen LogP) is 3.51. The van der Waals surface area contributed by atoms with Crippen molar-refractivity contribution in [3.8, 4) is 0 Å². The second-order valence-electron chi connectivity index (χ2n) is 8.38. The molecule has 1 unspecified atom stereocenters. The largest absolute Gasteiger partial charge is 0.331 e. The van der Waals surface area contributed by atoms with Gasteiger partial charge in [0.15, 0.2) is 9.84 Å². The van der Waals surface area contributed by atoms with E-state index in [1.54, 1.807) is 6.08 Å². The molecule has 2 aliphatic carbocycles. The fourth-order valence-electron chi connectivity index (χ4n) is 4.22. The van der Waals surface area contributed by atoms with Crippen LogP contribution in [-0.4, -0.2) is 38.2 Å². The molecule has 3 fully saturated rings. The quantitative estimate of drug-likeness (QED) is 0.811. The number of carbonyl (C=O) groups is 1. The van der Waals surface area contributed by atoms with Crippen LogP contribution in [0.15, 0.2) is 41.8 Å². The van der Waals surface area contributed by atoms with Gasteiger partial charge in [-0.2, -0.15) is 0 Å². The summed E-state index contributed by atoms with van der Waals surface area (Å²) < 4.78 is 22.9. The van der Waals surface area contributed by atoms with Crippen LogP contribution in [0.25, 0.3) is 0 Å². The lowest BCUT2D eigenvalue weighted by Crippen LogP contribution is -2.45. The highest BCUT2D eigenvalue weighted by molar-refractivity contribution is 7.93. The van der Waals surface area contributed by atoms with Gasteiger partial charge in [0.2, 0.25) is 0 Å². The number of urea groups is 1. The normalized spacial score (nSPS) is 27.1. The van der Waals surface area contributed by atoms with Crippen molar-refractivity contribution in [2.75, 3.05) is 12.8 Å². The number of carbonyl (C=O) groups excluding carboxylic acids is 1. The van der Waals surface area contributed by atoms with E-state index >= 15 is 0 Å². The summed E-state index contributed by atoms with van der Waals surface area (Å²) in [6.45, 7) is 0.795. The Morgan fingerprint density at radius 2 is 1.85 bits per heavy atom. The standard InChI is InChI=1S/C21H28N2O3S/c1-27(25,26)12-11-19(16-9-10-16)22-21(24)23-14-18(15-7-8-15)13-20(23)17-5-3-2-4-6-17/h2-6,11-12,15-16,18-20H,7-10,13-14H2,1H3,(H,22,24)/b12-11+/t18-,19?,20+/m0/s1. The van der Waals surface area contributed by atoms with E-state index in [0.29, 0.717) is 11.8 Å². The molecule has 3 atom stereocenters. The molecular weight excluding hydrogens is 360 g/mol. The second-order valence-corrected chi connectivity index (χ2v) is 10.3. The molecule has 2 amide bonds. The van der Waals surface area contributed by atoms with E-state index in [9.17, 15) is 13.2 Å². The first-order valence-corrected chi connectivity index (χ1v) is 11.9. The van der Waals surface area contributed by atoms with E-state index < -0.39 is 9.84 Å². The van der Waals surface area contributed by atoms with Gasteiger partial charge in [0.1, 0.15) is 0 Å². The summed E-state index contributed by atoms with van der Waals surface area (Å²) in [5, 5.41) is 4.33. The van der Waals surface area contributed by atoms with Gasteiger partial charge in [-0.1, -0.05) is 36.4 Å². The number of sulfone groups is 1. The van der Waals surface area contributed by atoms with Gasteiger partial charge < -0.3 is 10.2 Å². The van der Waals surface area contributed by atoms with Crippen molar-refractivity contribution in [1.29, 1.82) is 0 Å². The van der Waals surface area contributed by atoms with Crippen molar-refractivity contribution in [1.82, 2.24) is 10.2 Å². The molecule has 0 radical (unpaired) electrons. The lowest BCUT2D eigenvalue weighted by atomic mass is 9.96. The highest BCUT2D eigenvalue weighted by Gasteiger charge is 2.43. The maximum Gasteiger partial charge on any atom is 0.318 e. The average Bonchev–Trinajstić information content (AvgIpc) is 3.56. The van der Waals surface area contributed by atoms with Crippen molar-refractivity contribution in [2.45, 2.75) is 44.2 Å². The van der Waals surface area contributed by atoms with Crippen LogP contribution in [0.1, 0.15) is 43.7 Å². The van der Waals surface area contributed by atoms with Crippen molar-refractivity contribution in [2.24, 2.45) is 17.8 Å². The smallest absolute Gasteiger partial charge is 0.318 e. The third-order valence-electron chi connectivity index (χ3n) is 6.02. The molecule has 2 saturated carbocycles. The van der Waals surface area contributed by atoms with Crippen LogP contribution in [0.3, 0.4) is 0 Å². The highest BCUT2D eigenvalue weighted by Crippen LogP contribution is 2.47. The number of likely N-dealkylation sites (tertiary alicyclic amines) is 1. The molecule has 0 aromatic heterocycles. The van der Waals surface area contributed by atoms with Gasteiger partial charge in [-0.15, -0.1) is 0 Å². The number of amides is 2. The summed E-state index contributed by atoms with van der Waals surface area (Å²) in [4.78, 5) is 15.1. The summed E-state index contributed by atoms with van der Waals surface area (Å²) in [5.41, 5.74) is 1.19. The van der Waals surface area contributed by atoms with Crippen LogP contribution in [0.5, 0.6) is 0 Å². The first-order chi connectivity index (χ1) is 12.9. The zero-order valence-electron chi connectivity index (χ0n) is 15.8. The zero-order valence-corrected chi connectivity index (χ0v) is 16.6. The molecule has 4 rings (SSSR count). The van der Waals surface area contributed by atoms with Gasteiger partial charge >= 0.3 is 6.03 Å². The minimum atomic E-state index is -3.19. The van der Waals surface area contributed by atoms with Crippen LogP contribution >= 0.6 is 0 Å². The zero-order chi connectivity index (χ0) is 19.0. The molecule has 0 spiro atoms. The Balaban J connectivity index is 1.50. The maximum atomic E-state index is 13.1. The van der Waals surface area contributed by atoms with Crippen molar-refractivity contribution in [3.05, 3.63) is 47.4 Å². The highest BCUT2D eigenvalue weighted by atomic mass is 32.2. The van der Waals surface area contributed by atoms with Crippen LogP contribution in [0.2, 0.25) is 0 Å². The van der Waals surface area contributed by atoms with E-state index in [-0.39, 0.29) is 18.1 Å². The molecule has 1 aromatic rings. The molecule has 1 N–H and O–H groups in total. The van der Waals surface area contributed by atoms with Crippen LogP contribution in [-0.2, 0) is 9.84 Å². The van der Waals surface area contributed by atoms with E-state index in [2.05, 4.69) is 17.4 Å². The lowest BCUT2D eigenvalue weighted by Gasteiger charge is -2.27. The number of hydrogen-bond acceptors (Lipinski definition) is 3. The molecule has 1 saturated heterocycles. The van der Waals surface area contributed by atoms with Crippen LogP contribution in [0.4, 0.5) is 4.79 Å². The summed E-state index contributed by atoms with van der Waals surface area (Å²) in [6.07, 6.45) is 8.48. The number of rotatable bonds is 6. The number of benzene rings is 1. The monoisotopic (exact) mass is 388 g/mol. The van der Waals surface area contributed by atoms with E-state index in [1.165, 1.54) is 30.1 Å². The number of nitrogens with one attached hydrogen (secondary N) is 1. The minimum absolute atomic E-state index is 0.0675. The Morgan fingerprint density at radius 3 is 2.44 bits per heavy atom. The maximum absolute atomic E-state index is 13.1. The summed E-state index contributed by atoms with van der Waals surface area (Å²) in [6, 6.07) is 10.1. The molecule has 3 aliphatic rings.